The molecule has 0 unspecified atom stereocenters. The van der Waals surface area contributed by atoms with Gasteiger partial charge in [-0.2, -0.15) is 0 Å². The highest BCUT2D eigenvalue weighted by atomic mass is 16.5. The van der Waals surface area contributed by atoms with E-state index in [0.717, 1.165) is 75.8 Å². The molecule has 0 spiro atoms. The average molecular weight is 466 g/mol. The van der Waals surface area contributed by atoms with E-state index >= 15 is 0 Å². The molecule has 1 aromatic carbocycles. The Labute approximate surface area is 201 Å². The van der Waals surface area contributed by atoms with Gasteiger partial charge in [-0.3, -0.25) is 9.59 Å². The zero-order valence-electron chi connectivity index (χ0n) is 20.1. The summed E-state index contributed by atoms with van der Waals surface area (Å²) in [5.74, 6) is 1.06. The molecule has 0 atom stereocenters. The minimum Gasteiger partial charge on any atom is -0.497 e. The van der Waals surface area contributed by atoms with E-state index in [0.29, 0.717) is 18.8 Å². The molecule has 0 bridgehead atoms. The van der Waals surface area contributed by atoms with Gasteiger partial charge in [0.2, 0.25) is 5.91 Å². The molecular formula is C26H35N5O3. The molecule has 2 aliphatic heterocycles. The average Bonchev–Trinajstić information content (AvgIpc) is 3.60. The lowest BCUT2D eigenvalue weighted by atomic mass is 9.77. The normalized spacial score (nSPS) is 21.0. The number of methoxy groups -OCH3 is 1. The number of carbonyl (C=O) groups is 2. The maximum atomic E-state index is 13.8. The molecule has 0 radical (unpaired) electrons. The van der Waals surface area contributed by atoms with Crippen LogP contribution in [-0.4, -0.2) is 69.9 Å². The smallest absolute Gasteiger partial charge is 0.276 e. The van der Waals surface area contributed by atoms with Gasteiger partial charge in [0.05, 0.1) is 24.8 Å². The lowest BCUT2D eigenvalue weighted by molar-refractivity contribution is -0.138. The number of nitrogens with zero attached hydrogens (tertiary/aromatic N) is 5. The van der Waals surface area contributed by atoms with E-state index in [1.165, 1.54) is 6.42 Å². The van der Waals surface area contributed by atoms with Crippen LogP contribution in [0.15, 0.2) is 30.5 Å². The van der Waals surface area contributed by atoms with Crippen molar-refractivity contribution in [3.05, 3.63) is 41.7 Å². The molecule has 2 aromatic rings. The monoisotopic (exact) mass is 465 g/mol. The Balaban J connectivity index is 1.23. The van der Waals surface area contributed by atoms with Crippen molar-refractivity contribution in [1.82, 2.24) is 24.8 Å². The standard InChI is InChI=1S/C26H35N5O3/c1-34-22-9-7-20(8-10-22)26(13-3-4-14-26)25(33)30-17-11-21(12-18-30)31-19-23(27-28-31)24(32)29-15-5-2-6-16-29/h7-10,19,21H,2-6,11-18H2,1H3. The fourth-order valence-electron chi connectivity index (χ4n) is 5.96. The van der Waals surface area contributed by atoms with Gasteiger partial charge in [-0.15, -0.1) is 5.10 Å². The van der Waals surface area contributed by atoms with Gasteiger partial charge in [0.25, 0.3) is 5.91 Å². The van der Waals surface area contributed by atoms with Gasteiger partial charge in [-0.1, -0.05) is 30.2 Å². The number of benzene rings is 1. The second kappa shape index (κ2) is 9.76. The number of hydrogen-bond donors (Lipinski definition) is 0. The second-order valence-electron chi connectivity index (χ2n) is 9.98. The number of hydrogen-bond acceptors (Lipinski definition) is 5. The first-order valence-corrected chi connectivity index (χ1v) is 12.8. The summed E-state index contributed by atoms with van der Waals surface area (Å²) in [6.07, 6.45) is 10.7. The van der Waals surface area contributed by atoms with E-state index in [-0.39, 0.29) is 17.9 Å². The van der Waals surface area contributed by atoms with Crippen molar-refractivity contribution in [2.75, 3.05) is 33.3 Å². The number of ether oxygens (including phenoxy) is 1. The number of likely N-dealkylation sites (tertiary alicyclic amines) is 2. The summed E-state index contributed by atoms with van der Waals surface area (Å²) < 4.78 is 7.15. The summed E-state index contributed by atoms with van der Waals surface area (Å²) in [6.45, 7) is 3.03. The summed E-state index contributed by atoms with van der Waals surface area (Å²) >= 11 is 0. The van der Waals surface area contributed by atoms with Gasteiger partial charge >= 0.3 is 0 Å². The van der Waals surface area contributed by atoms with Gasteiger partial charge in [0, 0.05) is 26.2 Å². The lowest BCUT2D eigenvalue weighted by Crippen LogP contribution is -2.48. The lowest BCUT2D eigenvalue weighted by Gasteiger charge is -2.38. The topological polar surface area (TPSA) is 80.6 Å². The predicted molar refractivity (Wildman–Crippen MR) is 128 cm³/mol. The Hall–Kier alpha value is -2.90. The minimum absolute atomic E-state index is 0.0127. The van der Waals surface area contributed by atoms with Crippen LogP contribution in [0.3, 0.4) is 0 Å². The molecule has 0 N–H and O–H groups in total. The molecule has 5 rings (SSSR count). The minimum atomic E-state index is -0.416. The van der Waals surface area contributed by atoms with Crippen molar-refractivity contribution in [1.29, 1.82) is 0 Å². The Morgan fingerprint density at radius 1 is 0.912 bits per heavy atom. The van der Waals surface area contributed by atoms with E-state index in [1.54, 1.807) is 13.3 Å². The molecule has 8 heteroatoms. The summed E-state index contributed by atoms with van der Waals surface area (Å²) in [5.41, 5.74) is 1.13. The third kappa shape index (κ3) is 4.30. The highest BCUT2D eigenvalue weighted by Gasteiger charge is 2.45. The molecule has 8 nitrogen and oxygen atoms in total. The zero-order chi connectivity index (χ0) is 23.5. The number of rotatable bonds is 5. The quantitative estimate of drug-likeness (QED) is 0.674. The van der Waals surface area contributed by atoms with Crippen LogP contribution >= 0.6 is 0 Å². The van der Waals surface area contributed by atoms with Crippen LogP contribution in [0.25, 0.3) is 0 Å². The largest absolute Gasteiger partial charge is 0.497 e. The second-order valence-corrected chi connectivity index (χ2v) is 9.98. The van der Waals surface area contributed by atoms with Crippen molar-refractivity contribution >= 4 is 11.8 Å². The highest BCUT2D eigenvalue weighted by molar-refractivity contribution is 5.92. The molecule has 2 saturated heterocycles. The summed E-state index contributed by atoms with van der Waals surface area (Å²) in [5, 5.41) is 8.46. The van der Waals surface area contributed by atoms with E-state index in [2.05, 4.69) is 22.4 Å². The molecule has 1 saturated carbocycles. The van der Waals surface area contributed by atoms with Gasteiger partial charge in [-0.05, 0) is 62.6 Å². The summed E-state index contributed by atoms with van der Waals surface area (Å²) in [7, 11) is 1.66. The first kappa shape index (κ1) is 22.9. The Morgan fingerprint density at radius 3 is 2.24 bits per heavy atom. The van der Waals surface area contributed by atoms with Gasteiger partial charge < -0.3 is 14.5 Å². The van der Waals surface area contributed by atoms with Crippen molar-refractivity contribution in [3.63, 3.8) is 0 Å². The summed E-state index contributed by atoms with van der Waals surface area (Å²) in [6, 6.07) is 8.21. The summed E-state index contributed by atoms with van der Waals surface area (Å²) in [4.78, 5) is 30.5. The fraction of sp³-hybridized carbons (Fsp3) is 0.615. The van der Waals surface area contributed by atoms with Crippen molar-refractivity contribution < 1.29 is 14.3 Å². The number of piperidine rings is 2. The van der Waals surface area contributed by atoms with Crippen LogP contribution < -0.4 is 4.74 Å². The molecule has 1 aliphatic carbocycles. The number of carbonyl (C=O) groups excluding carboxylic acids is 2. The van der Waals surface area contributed by atoms with Crippen LogP contribution in [0.2, 0.25) is 0 Å². The third-order valence-electron chi connectivity index (χ3n) is 8.01. The van der Waals surface area contributed by atoms with Crippen molar-refractivity contribution in [3.8, 4) is 5.75 Å². The van der Waals surface area contributed by atoms with E-state index in [1.807, 2.05) is 26.6 Å². The van der Waals surface area contributed by atoms with Gasteiger partial charge in [0.1, 0.15) is 5.75 Å². The van der Waals surface area contributed by atoms with Crippen LogP contribution in [-0.2, 0) is 10.2 Å². The third-order valence-corrected chi connectivity index (χ3v) is 8.01. The van der Waals surface area contributed by atoms with Crippen LogP contribution in [0.1, 0.15) is 79.9 Å². The molecule has 34 heavy (non-hydrogen) atoms. The highest BCUT2D eigenvalue weighted by Crippen LogP contribution is 2.43. The van der Waals surface area contributed by atoms with Crippen LogP contribution in [0.4, 0.5) is 0 Å². The van der Waals surface area contributed by atoms with Gasteiger partial charge in [-0.25, -0.2) is 4.68 Å². The molecule has 182 valence electrons. The molecule has 2 amide bonds. The predicted octanol–water partition coefficient (Wildman–Crippen LogP) is 3.59. The van der Waals surface area contributed by atoms with Crippen molar-refractivity contribution in [2.24, 2.45) is 0 Å². The Morgan fingerprint density at radius 2 is 1.59 bits per heavy atom. The zero-order valence-corrected chi connectivity index (χ0v) is 20.1. The maximum Gasteiger partial charge on any atom is 0.276 e. The maximum absolute atomic E-state index is 13.8. The van der Waals surface area contributed by atoms with E-state index < -0.39 is 5.41 Å². The van der Waals surface area contributed by atoms with Crippen LogP contribution in [0.5, 0.6) is 5.75 Å². The molecule has 3 heterocycles. The number of amides is 2. The van der Waals surface area contributed by atoms with Crippen molar-refractivity contribution in [2.45, 2.75) is 69.2 Å². The van der Waals surface area contributed by atoms with Crippen LogP contribution in [0, 0.1) is 0 Å². The fourth-order valence-corrected chi connectivity index (χ4v) is 5.96. The van der Waals surface area contributed by atoms with E-state index in [9.17, 15) is 9.59 Å². The molecular weight excluding hydrogens is 430 g/mol. The molecule has 3 aliphatic rings. The Kier molecular flexibility index (Phi) is 6.57. The Bertz CT molecular complexity index is 998. The molecule has 1 aromatic heterocycles. The first-order chi connectivity index (χ1) is 16.6. The van der Waals surface area contributed by atoms with E-state index in [4.69, 9.17) is 4.74 Å². The first-order valence-electron chi connectivity index (χ1n) is 12.8. The molecule has 3 fully saturated rings. The number of aromatic nitrogens is 3. The SMILES string of the molecule is COc1ccc(C2(C(=O)N3CCC(n4cc(C(=O)N5CCCCC5)nn4)CC3)CCCC2)cc1. The van der Waals surface area contributed by atoms with Gasteiger partial charge in [0.15, 0.2) is 5.69 Å².